The second kappa shape index (κ2) is 7.51. The number of nitrogens with two attached hydrogens (primary N) is 1. The van der Waals surface area contributed by atoms with Crippen LogP contribution in [-0.2, 0) is 11.2 Å². The van der Waals surface area contributed by atoms with E-state index in [-0.39, 0.29) is 17.9 Å². The number of benzene rings is 1. The Balaban J connectivity index is 2.48. The van der Waals surface area contributed by atoms with Crippen molar-refractivity contribution >= 4 is 17.5 Å². The molecule has 19 heavy (non-hydrogen) atoms. The second-order valence-corrected chi connectivity index (χ2v) is 5.59. The molecule has 3 nitrogen and oxygen atoms in total. The lowest BCUT2D eigenvalue weighted by molar-refractivity contribution is -0.124. The summed E-state index contributed by atoms with van der Waals surface area (Å²) in [7, 11) is 0. The van der Waals surface area contributed by atoms with Crippen LogP contribution in [0.1, 0.15) is 32.8 Å². The first kappa shape index (κ1) is 16.0. The monoisotopic (exact) mass is 282 g/mol. The Labute approximate surface area is 120 Å². The van der Waals surface area contributed by atoms with Gasteiger partial charge in [-0.15, -0.1) is 0 Å². The topological polar surface area (TPSA) is 55.1 Å². The lowest BCUT2D eigenvalue weighted by Crippen LogP contribution is -2.48. The van der Waals surface area contributed by atoms with Gasteiger partial charge in [-0.3, -0.25) is 4.79 Å². The Morgan fingerprint density at radius 3 is 2.42 bits per heavy atom. The maximum atomic E-state index is 11.9. The van der Waals surface area contributed by atoms with Crippen molar-refractivity contribution in [3.05, 3.63) is 34.9 Å². The Kier molecular flexibility index (Phi) is 6.32. The summed E-state index contributed by atoms with van der Waals surface area (Å²) in [6.07, 6.45) is 1.68. The van der Waals surface area contributed by atoms with Gasteiger partial charge in [0.25, 0.3) is 0 Å². The largest absolute Gasteiger partial charge is 0.352 e. The zero-order chi connectivity index (χ0) is 14.4. The summed E-state index contributed by atoms with van der Waals surface area (Å²) in [6.45, 7) is 6.01. The summed E-state index contributed by atoms with van der Waals surface area (Å²) in [5, 5.41) is 3.68. The summed E-state index contributed by atoms with van der Waals surface area (Å²) >= 11 is 5.84. The van der Waals surface area contributed by atoms with E-state index in [0.29, 0.717) is 0 Å². The summed E-state index contributed by atoms with van der Waals surface area (Å²) < 4.78 is 0. The number of carbonyl (C=O) groups excluding carboxylic acids is 1. The molecule has 1 aromatic carbocycles. The number of hydrogen-bond donors (Lipinski definition) is 2. The number of nitrogens with one attached hydrogen (secondary N) is 1. The van der Waals surface area contributed by atoms with Gasteiger partial charge in [0, 0.05) is 11.1 Å². The van der Waals surface area contributed by atoms with Crippen LogP contribution in [0.3, 0.4) is 0 Å². The molecule has 0 aliphatic carbocycles. The van der Waals surface area contributed by atoms with Gasteiger partial charge in [0.05, 0.1) is 6.04 Å². The van der Waals surface area contributed by atoms with Gasteiger partial charge < -0.3 is 11.1 Å². The Hall–Kier alpha value is -1.06. The van der Waals surface area contributed by atoms with Crippen LogP contribution in [0, 0.1) is 5.92 Å². The third-order valence-corrected chi connectivity index (χ3v) is 3.66. The SMILES string of the molecule is CCC(C)[C@H](N)C(=O)NC(C)Cc1ccc(Cl)cc1. The van der Waals surface area contributed by atoms with Crippen LogP contribution >= 0.6 is 11.6 Å². The molecule has 0 aliphatic rings. The zero-order valence-electron chi connectivity index (χ0n) is 11.8. The van der Waals surface area contributed by atoms with E-state index >= 15 is 0 Å². The van der Waals surface area contributed by atoms with Gasteiger partial charge in [0.15, 0.2) is 0 Å². The molecule has 4 heteroatoms. The highest BCUT2D eigenvalue weighted by molar-refractivity contribution is 6.30. The molecule has 3 atom stereocenters. The first-order chi connectivity index (χ1) is 8.93. The van der Waals surface area contributed by atoms with Crippen LogP contribution in [-0.4, -0.2) is 18.0 Å². The van der Waals surface area contributed by atoms with Crippen LogP contribution in [0.4, 0.5) is 0 Å². The highest BCUT2D eigenvalue weighted by atomic mass is 35.5. The molecular weight excluding hydrogens is 260 g/mol. The van der Waals surface area contributed by atoms with Crippen molar-refractivity contribution in [1.29, 1.82) is 0 Å². The summed E-state index contributed by atoms with van der Waals surface area (Å²) in [5.41, 5.74) is 7.05. The van der Waals surface area contributed by atoms with E-state index in [9.17, 15) is 4.79 Å². The maximum absolute atomic E-state index is 11.9. The molecule has 0 fully saturated rings. The van der Waals surface area contributed by atoms with Crippen molar-refractivity contribution in [3.8, 4) is 0 Å². The molecule has 0 heterocycles. The molecule has 0 aliphatic heterocycles. The molecule has 0 bridgehead atoms. The first-order valence-electron chi connectivity index (χ1n) is 6.74. The molecule has 3 N–H and O–H groups in total. The fraction of sp³-hybridized carbons (Fsp3) is 0.533. The van der Waals surface area contributed by atoms with Crippen molar-refractivity contribution in [2.45, 2.75) is 45.7 Å². The molecular formula is C15H23ClN2O. The minimum Gasteiger partial charge on any atom is -0.352 e. The minimum atomic E-state index is -0.433. The zero-order valence-corrected chi connectivity index (χ0v) is 12.6. The Morgan fingerprint density at radius 1 is 1.32 bits per heavy atom. The minimum absolute atomic E-state index is 0.0591. The van der Waals surface area contributed by atoms with E-state index in [2.05, 4.69) is 5.32 Å². The molecule has 1 amide bonds. The molecule has 0 spiro atoms. The first-order valence-corrected chi connectivity index (χ1v) is 7.12. The molecule has 1 aromatic rings. The van der Waals surface area contributed by atoms with E-state index in [1.807, 2.05) is 45.0 Å². The van der Waals surface area contributed by atoms with Gasteiger partial charge in [-0.05, 0) is 37.0 Å². The molecule has 2 unspecified atom stereocenters. The van der Waals surface area contributed by atoms with Crippen LogP contribution in [0.5, 0.6) is 0 Å². The summed E-state index contributed by atoms with van der Waals surface area (Å²) in [5.74, 6) is 0.124. The second-order valence-electron chi connectivity index (χ2n) is 5.15. The van der Waals surface area contributed by atoms with Crippen molar-refractivity contribution in [3.63, 3.8) is 0 Å². The molecule has 0 saturated carbocycles. The fourth-order valence-corrected chi connectivity index (χ4v) is 2.00. The van der Waals surface area contributed by atoms with Gasteiger partial charge in [-0.25, -0.2) is 0 Å². The van der Waals surface area contributed by atoms with Crippen molar-refractivity contribution in [1.82, 2.24) is 5.32 Å². The highest BCUT2D eigenvalue weighted by Gasteiger charge is 2.20. The fourth-order valence-electron chi connectivity index (χ4n) is 1.88. The van der Waals surface area contributed by atoms with Crippen molar-refractivity contribution in [2.24, 2.45) is 11.7 Å². The van der Waals surface area contributed by atoms with Gasteiger partial charge in [0.1, 0.15) is 0 Å². The molecule has 0 saturated heterocycles. The standard InChI is InChI=1S/C15H23ClN2O/c1-4-10(2)14(17)15(19)18-11(3)9-12-5-7-13(16)8-6-12/h5-8,10-11,14H,4,9,17H2,1-3H3,(H,18,19)/t10?,11?,14-/m0/s1. The van der Waals surface area contributed by atoms with Crippen LogP contribution < -0.4 is 11.1 Å². The summed E-state index contributed by atoms with van der Waals surface area (Å²) in [6, 6.07) is 7.28. The van der Waals surface area contributed by atoms with Crippen LogP contribution in [0.2, 0.25) is 5.02 Å². The maximum Gasteiger partial charge on any atom is 0.237 e. The lowest BCUT2D eigenvalue weighted by Gasteiger charge is -2.21. The molecule has 1 rings (SSSR count). The molecule has 106 valence electrons. The van der Waals surface area contributed by atoms with E-state index in [4.69, 9.17) is 17.3 Å². The smallest absolute Gasteiger partial charge is 0.237 e. The number of amides is 1. The van der Waals surface area contributed by atoms with Gasteiger partial charge >= 0.3 is 0 Å². The van der Waals surface area contributed by atoms with Crippen molar-refractivity contribution in [2.75, 3.05) is 0 Å². The van der Waals surface area contributed by atoms with Crippen LogP contribution in [0.15, 0.2) is 24.3 Å². The number of hydrogen-bond acceptors (Lipinski definition) is 2. The number of carbonyl (C=O) groups is 1. The van der Waals surface area contributed by atoms with Gasteiger partial charge in [-0.1, -0.05) is 44.0 Å². The third kappa shape index (κ3) is 5.21. The number of halogens is 1. The van der Waals surface area contributed by atoms with E-state index in [1.165, 1.54) is 0 Å². The number of rotatable bonds is 6. The third-order valence-electron chi connectivity index (χ3n) is 3.40. The van der Waals surface area contributed by atoms with Gasteiger partial charge in [-0.2, -0.15) is 0 Å². The van der Waals surface area contributed by atoms with Crippen molar-refractivity contribution < 1.29 is 4.79 Å². The average Bonchev–Trinajstić information content (AvgIpc) is 2.39. The van der Waals surface area contributed by atoms with E-state index in [1.54, 1.807) is 0 Å². The van der Waals surface area contributed by atoms with Gasteiger partial charge in [0.2, 0.25) is 5.91 Å². The predicted octanol–water partition coefficient (Wildman–Crippen LogP) is 2.76. The summed E-state index contributed by atoms with van der Waals surface area (Å²) in [4.78, 5) is 11.9. The lowest BCUT2D eigenvalue weighted by atomic mass is 9.98. The van der Waals surface area contributed by atoms with Crippen LogP contribution in [0.25, 0.3) is 0 Å². The Morgan fingerprint density at radius 2 is 1.89 bits per heavy atom. The molecule has 0 radical (unpaired) electrons. The van der Waals surface area contributed by atoms with E-state index in [0.717, 1.165) is 23.4 Å². The van der Waals surface area contributed by atoms with E-state index < -0.39 is 6.04 Å². The molecule has 0 aromatic heterocycles. The Bertz CT molecular complexity index is 405. The normalized spacial score (nSPS) is 15.6. The average molecular weight is 283 g/mol. The quantitative estimate of drug-likeness (QED) is 0.843. The predicted molar refractivity (Wildman–Crippen MR) is 80.2 cm³/mol. The highest BCUT2D eigenvalue weighted by Crippen LogP contribution is 2.11.